The normalized spacial score (nSPS) is 16.2. The van der Waals surface area contributed by atoms with Gasteiger partial charge < -0.3 is 19.7 Å². The quantitative estimate of drug-likeness (QED) is 0.451. The van der Waals surface area contributed by atoms with Gasteiger partial charge in [-0.3, -0.25) is 9.79 Å². The lowest BCUT2D eigenvalue weighted by Gasteiger charge is -2.33. The number of piperidine rings is 1. The number of aliphatic imine (C=N–C) groups is 1. The summed E-state index contributed by atoms with van der Waals surface area (Å²) in [5, 5.41) is 3.26. The van der Waals surface area contributed by atoms with E-state index in [2.05, 4.69) is 15.2 Å². The fourth-order valence-corrected chi connectivity index (χ4v) is 3.12. The summed E-state index contributed by atoms with van der Waals surface area (Å²) >= 11 is 0. The zero-order chi connectivity index (χ0) is 20.6. The van der Waals surface area contributed by atoms with Crippen molar-refractivity contribution in [2.24, 2.45) is 10.9 Å². The second-order valence-corrected chi connectivity index (χ2v) is 6.61. The van der Waals surface area contributed by atoms with Gasteiger partial charge >= 0.3 is 12.1 Å². The lowest BCUT2D eigenvalue weighted by atomic mass is 9.97. The third-order valence-electron chi connectivity index (χ3n) is 4.52. The average molecular weight is 401 g/mol. The minimum absolute atomic E-state index is 0.0762. The highest BCUT2D eigenvalue weighted by atomic mass is 19.4. The van der Waals surface area contributed by atoms with Crippen molar-refractivity contribution in [3.05, 3.63) is 35.4 Å². The van der Waals surface area contributed by atoms with E-state index in [9.17, 15) is 18.0 Å². The van der Waals surface area contributed by atoms with E-state index in [4.69, 9.17) is 9.47 Å². The molecule has 0 aliphatic carbocycles. The molecule has 28 heavy (non-hydrogen) atoms. The predicted octanol–water partition coefficient (Wildman–Crippen LogP) is 2.73. The van der Waals surface area contributed by atoms with Gasteiger partial charge in [-0.2, -0.15) is 13.2 Å². The largest absolute Gasteiger partial charge is 0.469 e. The van der Waals surface area contributed by atoms with Crippen molar-refractivity contribution in [3.8, 4) is 0 Å². The Labute approximate surface area is 162 Å². The van der Waals surface area contributed by atoms with E-state index in [1.165, 1.54) is 7.11 Å². The number of carbonyl (C=O) groups excluding carboxylic acids is 1. The van der Waals surface area contributed by atoms with Crippen LogP contribution in [0, 0.1) is 5.92 Å². The number of esters is 1. The number of ether oxygens (including phenoxy) is 2. The van der Waals surface area contributed by atoms with Crippen LogP contribution in [0.5, 0.6) is 0 Å². The summed E-state index contributed by atoms with van der Waals surface area (Å²) in [5.41, 5.74) is 1.59. The molecule has 1 aliphatic heterocycles. The molecule has 0 saturated carbocycles. The van der Waals surface area contributed by atoms with Crippen LogP contribution in [-0.4, -0.2) is 56.9 Å². The molecule has 0 atom stereocenters. The molecular weight excluding hydrogens is 375 g/mol. The topological polar surface area (TPSA) is 63.2 Å². The SMILES string of the molecule is CN=C(NCc1cccc(COCC(F)(F)F)c1)N1CCC(C(=O)OC)CC1. The lowest BCUT2D eigenvalue weighted by molar-refractivity contribution is -0.176. The number of nitrogens with zero attached hydrogens (tertiary/aromatic N) is 2. The van der Waals surface area contributed by atoms with Crippen molar-refractivity contribution >= 4 is 11.9 Å². The summed E-state index contributed by atoms with van der Waals surface area (Å²) in [5.74, 6) is 0.474. The third-order valence-corrected chi connectivity index (χ3v) is 4.52. The highest BCUT2D eigenvalue weighted by molar-refractivity contribution is 5.80. The Kier molecular flexibility index (Phi) is 8.10. The first-order chi connectivity index (χ1) is 13.3. The average Bonchev–Trinajstić information content (AvgIpc) is 2.67. The monoisotopic (exact) mass is 401 g/mol. The van der Waals surface area contributed by atoms with Crippen molar-refractivity contribution in [2.45, 2.75) is 32.2 Å². The molecule has 1 aromatic carbocycles. The predicted molar refractivity (Wildman–Crippen MR) is 98.7 cm³/mol. The molecule has 6 nitrogen and oxygen atoms in total. The van der Waals surface area contributed by atoms with Crippen LogP contribution in [0.2, 0.25) is 0 Å². The second kappa shape index (κ2) is 10.3. The van der Waals surface area contributed by atoms with E-state index < -0.39 is 12.8 Å². The van der Waals surface area contributed by atoms with E-state index in [-0.39, 0.29) is 18.5 Å². The molecule has 1 N–H and O–H groups in total. The number of nitrogens with one attached hydrogen (secondary N) is 1. The molecule has 0 unspecified atom stereocenters. The summed E-state index contributed by atoms with van der Waals surface area (Å²) in [7, 11) is 3.09. The molecule has 1 fully saturated rings. The van der Waals surface area contributed by atoms with Crippen molar-refractivity contribution in [3.63, 3.8) is 0 Å². The van der Waals surface area contributed by atoms with Crippen LogP contribution in [0.1, 0.15) is 24.0 Å². The number of halogens is 3. The van der Waals surface area contributed by atoms with Crippen molar-refractivity contribution in [1.29, 1.82) is 0 Å². The molecule has 1 heterocycles. The van der Waals surface area contributed by atoms with E-state index in [0.29, 0.717) is 38.0 Å². The van der Waals surface area contributed by atoms with Gasteiger partial charge in [-0.25, -0.2) is 0 Å². The van der Waals surface area contributed by atoms with Crippen LogP contribution in [0.3, 0.4) is 0 Å². The van der Waals surface area contributed by atoms with Crippen molar-refractivity contribution in [2.75, 3.05) is 33.9 Å². The first-order valence-electron chi connectivity index (χ1n) is 9.08. The summed E-state index contributed by atoms with van der Waals surface area (Å²) in [4.78, 5) is 18.0. The highest BCUT2D eigenvalue weighted by Crippen LogP contribution is 2.19. The fraction of sp³-hybridized carbons (Fsp3) is 0.579. The Morgan fingerprint density at radius 3 is 2.57 bits per heavy atom. The zero-order valence-electron chi connectivity index (χ0n) is 16.1. The molecule has 0 aromatic heterocycles. The number of guanidine groups is 1. The van der Waals surface area contributed by atoms with Crippen molar-refractivity contribution in [1.82, 2.24) is 10.2 Å². The van der Waals surface area contributed by atoms with Gasteiger partial charge in [0.1, 0.15) is 6.61 Å². The molecular formula is C19H26F3N3O3. The van der Waals surface area contributed by atoms with Crippen LogP contribution in [0.15, 0.2) is 29.3 Å². The number of carbonyl (C=O) groups is 1. The Morgan fingerprint density at radius 1 is 1.29 bits per heavy atom. The van der Waals surface area contributed by atoms with E-state index in [1.807, 2.05) is 6.07 Å². The first-order valence-corrected chi connectivity index (χ1v) is 9.08. The maximum absolute atomic E-state index is 12.2. The molecule has 0 bridgehead atoms. The number of likely N-dealkylation sites (tertiary alicyclic amines) is 1. The third kappa shape index (κ3) is 7.03. The number of hydrogen-bond acceptors (Lipinski definition) is 4. The maximum Gasteiger partial charge on any atom is 0.411 e. The molecule has 1 aromatic rings. The molecule has 0 spiro atoms. The minimum atomic E-state index is -4.33. The second-order valence-electron chi connectivity index (χ2n) is 6.61. The smallest absolute Gasteiger partial charge is 0.411 e. The number of rotatable bonds is 6. The lowest BCUT2D eigenvalue weighted by Crippen LogP contribution is -2.46. The van der Waals surface area contributed by atoms with Crippen LogP contribution in [0.25, 0.3) is 0 Å². The molecule has 0 amide bonds. The molecule has 0 radical (unpaired) electrons. The Bertz CT molecular complexity index is 672. The summed E-state index contributed by atoms with van der Waals surface area (Å²) in [6.07, 6.45) is -2.91. The zero-order valence-corrected chi connectivity index (χ0v) is 16.1. The summed E-state index contributed by atoms with van der Waals surface area (Å²) in [6, 6.07) is 7.21. The molecule has 156 valence electrons. The van der Waals surface area contributed by atoms with Gasteiger partial charge in [-0.1, -0.05) is 24.3 Å². The van der Waals surface area contributed by atoms with Crippen molar-refractivity contribution < 1.29 is 27.4 Å². The fourth-order valence-electron chi connectivity index (χ4n) is 3.12. The Balaban J connectivity index is 1.83. The summed E-state index contributed by atoms with van der Waals surface area (Å²) in [6.45, 7) is 0.527. The number of hydrogen-bond donors (Lipinski definition) is 1. The number of alkyl halides is 3. The highest BCUT2D eigenvalue weighted by Gasteiger charge is 2.28. The Morgan fingerprint density at radius 2 is 1.96 bits per heavy atom. The van der Waals surface area contributed by atoms with Crippen LogP contribution in [0.4, 0.5) is 13.2 Å². The van der Waals surface area contributed by atoms with E-state index in [0.717, 1.165) is 11.5 Å². The minimum Gasteiger partial charge on any atom is -0.469 e. The van der Waals surface area contributed by atoms with Gasteiger partial charge in [0.2, 0.25) is 0 Å². The van der Waals surface area contributed by atoms with Gasteiger partial charge in [-0.15, -0.1) is 0 Å². The first kappa shape index (κ1) is 22.0. The number of methoxy groups -OCH3 is 1. The van der Waals surface area contributed by atoms with E-state index >= 15 is 0 Å². The van der Waals surface area contributed by atoms with E-state index in [1.54, 1.807) is 25.2 Å². The molecule has 9 heteroatoms. The Hall–Kier alpha value is -2.29. The summed E-state index contributed by atoms with van der Waals surface area (Å²) < 4.78 is 46.0. The van der Waals surface area contributed by atoms with Gasteiger partial charge in [0.25, 0.3) is 0 Å². The van der Waals surface area contributed by atoms with Gasteiger partial charge in [0.15, 0.2) is 5.96 Å². The number of benzene rings is 1. The van der Waals surface area contributed by atoms with Gasteiger partial charge in [0.05, 0.1) is 19.6 Å². The van der Waals surface area contributed by atoms with Crippen LogP contribution >= 0.6 is 0 Å². The van der Waals surface area contributed by atoms with Gasteiger partial charge in [0, 0.05) is 26.7 Å². The molecule has 2 rings (SSSR count). The maximum atomic E-state index is 12.2. The van der Waals surface area contributed by atoms with Crippen LogP contribution in [-0.2, 0) is 27.4 Å². The van der Waals surface area contributed by atoms with Gasteiger partial charge in [-0.05, 0) is 24.0 Å². The van der Waals surface area contributed by atoms with Crippen LogP contribution < -0.4 is 5.32 Å². The standard InChI is InChI=1S/C19H26F3N3O3/c1-23-18(25-8-6-16(7-9-25)17(26)27-2)24-11-14-4-3-5-15(10-14)12-28-13-19(20,21)22/h3-5,10,16H,6-9,11-13H2,1-2H3,(H,23,24). The molecule has 1 saturated heterocycles. The molecule has 1 aliphatic rings.